The van der Waals surface area contributed by atoms with Crippen LogP contribution in [0.3, 0.4) is 0 Å². The second-order valence-electron chi connectivity index (χ2n) is 4.75. The van der Waals surface area contributed by atoms with Gasteiger partial charge >= 0.3 is 0 Å². The number of phenols is 1. The summed E-state index contributed by atoms with van der Waals surface area (Å²) in [6.45, 7) is 1.60. The quantitative estimate of drug-likeness (QED) is 0.887. The predicted octanol–water partition coefficient (Wildman–Crippen LogP) is 1.66. The summed E-state index contributed by atoms with van der Waals surface area (Å²) in [6.07, 6.45) is 1.63. The first-order chi connectivity index (χ1) is 9.61. The van der Waals surface area contributed by atoms with Crippen LogP contribution in [0.1, 0.15) is 23.2 Å². The summed E-state index contributed by atoms with van der Waals surface area (Å²) in [6, 6.07) is 4.47. The fourth-order valence-electron chi connectivity index (χ4n) is 2.27. The van der Waals surface area contributed by atoms with E-state index in [4.69, 9.17) is 21.4 Å². The van der Waals surface area contributed by atoms with E-state index >= 15 is 0 Å². The molecular formula is C14H18ClNO4. The molecule has 0 spiro atoms. The molecule has 1 amide bonds. The third-order valence-electron chi connectivity index (χ3n) is 3.37. The van der Waals surface area contributed by atoms with Crippen LogP contribution in [0, 0.1) is 0 Å². The molecule has 1 heterocycles. The number of piperidine rings is 1. The summed E-state index contributed by atoms with van der Waals surface area (Å²) >= 11 is 5.81. The van der Waals surface area contributed by atoms with Gasteiger partial charge in [0.05, 0.1) is 24.3 Å². The maximum atomic E-state index is 12.3. The molecule has 1 aromatic rings. The number of hydrogen-bond acceptors (Lipinski definition) is 4. The zero-order chi connectivity index (χ0) is 14.5. The molecule has 0 aliphatic carbocycles. The number of rotatable bonds is 4. The number of ether oxygens (including phenoxy) is 1. The minimum Gasteiger partial charge on any atom is -0.506 e. The van der Waals surface area contributed by atoms with Crippen LogP contribution in [0.5, 0.6) is 5.75 Å². The molecular weight excluding hydrogens is 282 g/mol. The molecule has 1 aliphatic rings. The number of nitrogens with zero attached hydrogens (tertiary/aromatic N) is 1. The van der Waals surface area contributed by atoms with Crippen molar-refractivity contribution in [2.75, 3.05) is 26.3 Å². The molecule has 110 valence electrons. The van der Waals surface area contributed by atoms with Crippen LogP contribution in [0.15, 0.2) is 18.2 Å². The number of aromatic hydroxyl groups is 1. The van der Waals surface area contributed by atoms with Gasteiger partial charge in [0.15, 0.2) is 0 Å². The van der Waals surface area contributed by atoms with Crippen molar-refractivity contribution < 1.29 is 19.7 Å². The third kappa shape index (κ3) is 3.62. The minimum absolute atomic E-state index is 0.0190. The molecule has 0 bridgehead atoms. The third-order valence-corrected chi connectivity index (χ3v) is 3.67. The molecule has 0 saturated carbocycles. The smallest absolute Gasteiger partial charge is 0.253 e. The van der Waals surface area contributed by atoms with E-state index in [2.05, 4.69) is 0 Å². The lowest BCUT2D eigenvalue weighted by Crippen LogP contribution is -2.41. The van der Waals surface area contributed by atoms with Crippen LogP contribution < -0.4 is 0 Å². The first-order valence-electron chi connectivity index (χ1n) is 6.62. The Morgan fingerprint density at radius 3 is 2.70 bits per heavy atom. The summed E-state index contributed by atoms with van der Waals surface area (Å²) in [4.78, 5) is 14.0. The number of carbonyl (C=O) groups is 1. The van der Waals surface area contributed by atoms with Crippen LogP contribution in [0.25, 0.3) is 0 Å². The predicted molar refractivity (Wildman–Crippen MR) is 75.1 cm³/mol. The molecule has 20 heavy (non-hydrogen) atoms. The second kappa shape index (κ2) is 6.92. The lowest BCUT2D eigenvalue weighted by molar-refractivity contribution is -0.00554. The summed E-state index contributed by atoms with van der Waals surface area (Å²) < 4.78 is 5.46. The highest BCUT2D eigenvalue weighted by Gasteiger charge is 2.24. The van der Waals surface area contributed by atoms with Crippen LogP contribution in [-0.2, 0) is 4.74 Å². The summed E-state index contributed by atoms with van der Waals surface area (Å²) in [5.74, 6) is -0.119. The van der Waals surface area contributed by atoms with Crippen LogP contribution in [-0.4, -0.2) is 53.4 Å². The van der Waals surface area contributed by atoms with Crippen LogP contribution in [0.4, 0.5) is 0 Å². The van der Waals surface area contributed by atoms with Gasteiger partial charge in [0.2, 0.25) is 0 Å². The van der Waals surface area contributed by atoms with Gasteiger partial charge in [-0.15, -0.1) is 0 Å². The first-order valence-corrected chi connectivity index (χ1v) is 7.00. The van der Waals surface area contributed by atoms with Crippen molar-refractivity contribution >= 4 is 17.5 Å². The van der Waals surface area contributed by atoms with Crippen molar-refractivity contribution in [3.05, 3.63) is 28.8 Å². The van der Waals surface area contributed by atoms with Gasteiger partial charge in [-0.25, -0.2) is 0 Å². The van der Waals surface area contributed by atoms with Gasteiger partial charge in [-0.05, 0) is 31.0 Å². The fraction of sp³-hybridized carbons (Fsp3) is 0.500. The largest absolute Gasteiger partial charge is 0.506 e. The minimum atomic E-state index is -0.0903. The zero-order valence-corrected chi connectivity index (χ0v) is 11.8. The van der Waals surface area contributed by atoms with E-state index in [1.54, 1.807) is 11.0 Å². The van der Waals surface area contributed by atoms with E-state index in [-0.39, 0.29) is 29.4 Å². The Hall–Kier alpha value is -1.30. The standard InChI is InChI=1S/C14H18ClNO4/c15-12-9-10(1-2-13(12)18)14(19)16-5-3-11(4-6-16)20-8-7-17/h1-2,9,11,17-18H,3-8H2. The summed E-state index contributed by atoms with van der Waals surface area (Å²) in [5, 5.41) is 18.2. The maximum absolute atomic E-state index is 12.3. The van der Waals surface area contributed by atoms with Gasteiger partial charge in [0, 0.05) is 18.7 Å². The van der Waals surface area contributed by atoms with E-state index in [1.165, 1.54) is 12.1 Å². The Kier molecular flexibility index (Phi) is 5.23. The Morgan fingerprint density at radius 2 is 2.10 bits per heavy atom. The average Bonchev–Trinajstić information content (AvgIpc) is 2.48. The number of benzene rings is 1. The lowest BCUT2D eigenvalue weighted by Gasteiger charge is -2.32. The van der Waals surface area contributed by atoms with Crippen molar-refractivity contribution in [3.63, 3.8) is 0 Å². The molecule has 1 aliphatic heterocycles. The SMILES string of the molecule is O=C(c1ccc(O)c(Cl)c1)N1CCC(OCCO)CC1. The van der Waals surface area contributed by atoms with Gasteiger partial charge < -0.3 is 19.8 Å². The number of halogens is 1. The maximum Gasteiger partial charge on any atom is 0.253 e. The molecule has 1 fully saturated rings. The Labute approximate surface area is 122 Å². The molecule has 0 radical (unpaired) electrons. The molecule has 0 aromatic heterocycles. The first kappa shape index (κ1) is 15.1. The fourth-order valence-corrected chi connectivity index (χ4v) is 2.45. The highest BCUT2D eigenvalue weighted by Crippen LogP contribution is 2.25. The van der Waals surface area contributed by atoms with Crippen molar-refractivity contribution in [2.45, 2.75) is 18.9 Å². The van der Waals surface area contributed by atoms with Gasteiger partial charge in [-0.1, -0.05) is 11.6 Å². The second-order valence-corrected chi connectivity index (χ2v) is 5.16. The van der Waals surface area contributed by atoms with E-state index in [0.717, 1.165) is 12.8 Å². The number of carbonyl (C=O) groups excluding carboxylic acids is 1. The van der Waals surface area contributed by atoms with E-state index in [9.17, 15) is 9.90 Å². The highest BCUT2D eigenvalue weighted by atomic mass is 35.5. The highest BCUT2D eigenvalue weighted by molar-refractivity contribution is 6.32. The zero-order valence-electron chi connectivity index (χ0n) is 11.1. The van der Waals surface area contributed by atoms with Gasteiger partial charge in [0.25, 0.3) is 5.91 Å². The number of aliphatic hydroxyl groups is 1. The molecule has 2 rings (SSSR count). The molecule has 0 unspecified atom stereocenters. The molecule has 2 N–H and O–H groups in total. The number of likely N-dealkylation sites (tertiary alicyclic amines) is 1. The van der Waals surface area contributed by atoms with Crippen molar-refractivity contribution in [1.82, 2.24) is 4.90 Å². The van der Waals surface area contributed by atoms with Crippen LogP contribution in [0.2, 0.25) is 5.02 Å². The van der Waals surface area contributed by atoms with Crippen molar-refractivity contribution in [2.24, 2.45) is 0 Å². The van der Waals surface area contributed by atoms with E-state index in [1.807, 2.05) is 0 Å². The summed E-state index contributed by atoms with van der Waals surface area (Å²) in [7, 11) is 0. The average molecular weight is 300 g/mol. The molecule has 0 atom stereocenters. The van der Waals surface area contributed by atoms with Gasteiger partial charge in [-0.3, -0.25) is 4.79 Å². The topological polar surface area (TPSA) is 70.0 Å². The molecule has 1 aromatic carbocycles. The molecule has 5 nitrogen and oxygen atoms in total. The van der Waals surface area contributed by atoms with Crippen LogP contribution >= 0.6 is 11.6 Å². The number of aliphatic hydroxyl groups excluding tert-OH is 1. The monoisotopic (exact) mass is 299 g/mol. The van der Waals surface area contributed by atoms with E-state index < -0.39 is 0 Å². The lowest BCUT2D eigenvalue weighted by atomic mass is 10.1. The Morgan fingerprint density at radius 1 is 1.40 bits per heavy atom. The number of phenolic OH excluding ortho intramolecular Hbond substituents is 1. The Balaban J connectivity index is 1.92. The van der Waals surface area contributed by atoms with Crippen molar-refractivity contribution in [1.29, 1.82) is 0 Å². The van der Waals surface area contributed by atoms with Crippen molar-refractivity contribution in [3.8, 4) is 5.75 Å². The Bertz CT molecular complexity index is 472. The normalized spacial score (nSPS) is 16.4. The van der Waals surface area contributed by atoms with Gasteiger partial charge in [-0.2, -0.15) is 0 Å². The van der Waals surface area contributed by atoms with Gasteiger partial charge in [0.1, 0.15) is 5.75 Å². The number of amides is 1. The molecule has 1 saturated heterocycles. The molecule has 6 heteroatoms. The number of hydrogen-bond donors (Lipinski definition) is 2. The van der Waals surface area contributed by atoms with E-state index in [0.29, 0.717) is 25.3 Å². The summed E-state index contributed by atoms with van der Waals surface area (Å²) in [5.41, 5.74) is 0.475.